The standard InChI is InChI=1S/C19H18N2O2S/c1-13-6-7-18(20-11-13)23-15-8-9-21(12-15)19(22)17-10-14-4-2-3-5-16(14)24-17/h2-7,10-11,15H,8-9,12H2,1H3/t15-/m0/s1. The van der Waals surface area contributed by atoms with E-state index in [1.807, 2.05) is 48.2 Å². The topological polar surface area (TPSA) is 42.4 Å². The van der Waals surface area contributed by atoms with E-state index in [0.29, 0.717) is 12.4 Å². The van der Waals surface area contributed by atoms with E-state index in [9.17, 15) is 4.79 Å². The number of thiophene rings is 1. The van der Waals surface area contributed by atoms with Gasteiger partial charge in [0.2, 0.25) is 5.88 Å². The van der Waals surface area contributed by atoms with E-state index in [-0.39, 0.29) is 12.0 Å². The van der Waals surface area contributed by atoms with Crippen molar-refractivity contribution in [3.05, 3.63) is 59.1 Å². The van der Waals surface area contributed by atoms with Crippen LogP contribution in [0.2, 0.25) is 0 Å². The van der Waals surface area contributed by atoms with Crippen molar-refractivity contribution >= 4 is 27.3 Å². The summed E-state index contributed by atoms with van der Waals surface area (Å²) >= 11 is 1.55. The van der Waals surface area contributed by atoms with E-state index in [1.54, 1.807) is 17.5 Å². The van der Waals surface area contributed by atoms with Gasteiger partial charge in [-0.25, -0.2) is 4.98 Å². The minimum atomic E-state index is 0.0125. The summed E-state index contributed by atoms with van der Waals surface area (Å²) in [5, 5.41) is 1.13. The highest BCUT2D eigenvalue weighted by Gasteiger charge is 2.29. The quantitative estimate of drug-likeness (QED) is 0.727. The molecule has 24 heavy (non-hydrogen) atoms. The van der Waals surface area contributed by atoms with Gasteiger partial charge in [-0.2, -0.15) is 0 Å². The number of aromatic nitrogens is 1. The van der Waals surface area contributed by atoms with E-state index in [0.717, 1.165) is 33.5 Å². The number of carbonyl (C=O) groups excluding carboxylic acids is 1. The van der Waals surface area contributed by atoms with Gasteiger partial charge in [0, 0.05) is 29.9 Å². The maximum absolute atomic E-state index is 12.7. The van der Waals surface area contributed by atoms with Crippen LogP contribution in [0, 0.1) is 6.92 Å². The van der Waals surface area contributed by atoms with Crippen LogP contribution in [0.15, 0.2) is 48.7 Å². The highest BCUT2D eigenvalue weighted by atomic mass is 32.1. The second-order valence-electron chi connectivity index (χ2n) is 6.10. The number of nitrogens with zero attached hydrogens (tertiary/aromatic N) is 2. The van der Waals surface area contributed by atoms with E-state index < -0.39 is 0 Å². The van der Waals surface area contributed by atoms with Crippen molar-refractivity contribution in [1.82, 2.24) is 9.88 Å². The van der Waals surface area contributed by atoms with Gasteiger partial charge in [-0.15, -0.1) is 11.3 Å². The molecule has 4 nitrogen and oxygen atoms in total. The molecular weight excluding hydrogens is 320 g/mol. The number of rotatable bonds is 3. The second kappa shape index (κ2) is 6.24. The van der Waals surface area contributed by atoms with Crippen LogP contribution in [0.4, 0.5) is 0 Å². The predicted octanol–water partition coefficient (Wildman–Crippen LogP) is 3.90. The molecule has 1 saturated heterocycles. The Morgan fingerprint density at radius 2 is 2.17 bits per heavy atom. The number of aryl methyl sites for hydroxylation is 1. The van der Waals surface area contributed by atoms with Gasteiger partial charge < -0.3 is 9.64 Å². The van der Waals surface area contributed by atoms with Crippen LogP contribution in [0.25, 0.3) is 10.1 Å². The van der Waals surface area contributed by atoms with Crippen LogP contribution >= 0.6 is 11.3 Å². The first-order valence-corrected chi connectivity index (χ1v) is 8.88. The molecule has 1 aliphatic rings. The molecule has 0 unspecified atom stereocenters. The van der Waals surface area contributed by atoms with Crippen molar-refractivity contribution in [3.8, 4) is 5.88 Å². The maximum atomic E-state index is 12.7. The van der Waals surface area contributed by atoms with Gasteiger partial charge in [0.05, 0.1) is 11.4 Å². The molecule has 5 heteroatoms. The van der Waals surface area contributed by atoms with Gasteiger partial charge in [0.1, 0.15) is 6.10 Å². The largest absolute Gasteiger partial charge is 0.472 e. The number of hydrogen-bond acceptors (Lipinski definition) is 4. The lowest BCUT2D eigenvalue weighted by Gasteiger charge is -2.16. The molecule has 1 fully saturated rings. The molecule has 4 rings (SSSR count). The van der Waals surface area contributed by atoms with E-state index in [2.05, 4.69) is 11.1 Å². The zero-order valence-corrected chi connectivity index (χ0v) is 14.3. The van der Waals surface area contributed by atoms with E-state index in [4.69, 9.17) is 4.74 Å². The number of pyridine rings is 1. The minimum absolute atomic E-state index is 0.0125. The fraction of sp³-hybridized carbons (Fsp3) is 0.263. The lowest BCUT2D eigenvalue weighted by atomic mass is 10.2. The Kier molecular flexibility index (Phi) is 3.94. The molecule has 3 heterocycles. The summed E-state index contributed by atoms with van der Waals surface area (Å²) in [7, 11) is 0. The molecule has 122 valence electrons. The molecule has 2 aromatic heterocycles. The molecular formula is C19H18N2O2S. The average molecular weight is 338 g/mol. The van der Waals surface area contributed by atoms with E-state index >= 15 is 0 Å². The van der Waals surface area contributed by atoms with E-state index in [1.165, 1.54) is 0 Å². The molecule has 1 amide bonds. The first-order valence-electron chi connectivity index (χ1n) is 8.06. The summed E-state index contributed by atoms with van der Waals surface area (Å²) < 4.78 is 7.05. The summed E-state index contributed by atoms with van der Waals surface area (Å²) in [6, 6.07) is 13.9. The summed E-state index contributed by atoms with van der Waals surface area (Å²) in [6.07, 6.45) is 2.65. The Labute approximate surface area is 144 Å². The molecule has 1 atom stereocenters. The zero-order valence-electron chi connectivity index (χ0n) is 13.4. The number of fused-ring (bicyclic) bond motifs is 1. The molecule has 3 aromatic rings. The monoisotopic (exact) mass is 338 g/mol. The van der Waals surface area contributed by atoms with Crippen molar-refractivity contribution in [1.29, 1.82) is 0 Å². The Balaban J connectivity index is 1.44. The van der Waals surface area contributed by atoms with Gasteiger partial charge in [-0.05, 0) is 30.0 Å². The predicted molar refractivity (Wildman–Crippen MR) is 95.7 cm³/mol. The molecule has 0 saturated carbocycles. The van der Waals surface area contributed by atoms with Gasteiger partial charge in [-0.1, -0.05) is 24.3 Å². The summed E-state index contributed by atoms with van der Waals surface area (Å²) in [6.45, 7) is 3.34. The zero-order chi connectivity index (χ0) is 16.5. The average Bonchev–Trinajstić information content (AvgIpc) is 3.23. The van der Waals surface area contributed by atoms with Crippen LogP contribution in [-0.2, 0) is 0 Å². The maximum Gasteiger partial charge on any atom is 0.264 e. The Bertz CT molecular complexity index is 839. The third-order valence-electron chi connectivity index (χ3n) is 4.24. The normalized spacial score (nSPS) is 17.4. The summed E-state index contributed by atoms with van der Waals surface area (Å²) in [5.74, 6) is 0.723. The molecule has 0 bridgehead atoms. The van der Waals surface area contributed by atoms with Gasteiger partial charge in [-0.3, -0.25) is 4.79 Å². The first kappa shape index (κ1) is 15.1. The van der Waals surface area contributed by atoms with Gasteiger partial charge in [0.25, 0.3) is 5.91 Å². The molecule has 1 aromatic carbocycles. The number of ether oxygens (including phenoxy) is 1. The first-order chi connectivity index (χ1) is 11.7. The molecule has 0 N–H and O–H groups in total. The number of amides is 1. The lowest BCUT2D eigenvalue weighted by molar-refractivity contribution is 0.0776. The third-order valence-corrected chi connectivity index (χ3v) is 5.34. The fourth-order valence-corrected chi connectivity index (χ4v) is 3.98. The van der Waals surface area contributed by atoms with Crippen LogP contribution in [0.1, 0.15) is 21.7 Å². The Hall–Kier alpha value is -2.40. The molecule has 1 aliphatic heterocycles. The lowest BCUT2D eigenvalue weighted by Crippen LogP contribution is -2.30. The molecule has 0 spiro atoms. The minimum Gasteiger partial charge on any atom is -0.472 e. The molecule has 0 aliphatic carbocycles. The van der Waals surface area contributed by atoms with Crippen molar-refractivity contribution in [2.24, 2.45) is 0 Å². The highest BCUT2D eigenvalue weighted by Crippen LogP contribution is 2.27. The van der Waals surface area contributed by atoms with Gasteiger partial charge in [0.15, 0.2) is 0 Å². The van der Waals surface area contributed by atoms with Crippen LogP contribution in [-0.4, -0.2) is 35.0 Å². The van der Waals surface area contributed by atoms with Gasteiger partial charge >= 0.3 is 0 Å². The van der Waals surface area contributed by atoms with Crippen molar-refractivity contribution in [2.75, 3.05) is 13.1 Å². The Morgan fingerprint density at radius 3 is 2.96 bits per heavy atom. The summed E-state index contributed by atoms with van der Waals surface area (Å²) in [5.41, 5.74) is 1.11. The molecule has 0 radical (unpaired) electrons. The number of benzene rings is 1. The number of likely N-dealkylation sites (tertiary alicyclic amines) is 1. The van der Waals surface area contributed by atoms with Crippen molar-refractivity contribution < 1.29 is 9.53 Å². The fourth-order valence-electron chi connectivity index (χ4n) is 2.95. The number of hydrogen-bond donors (Lipinski definition) is 0. The van der Waals surface area contributed by atoms with Crippen LogP contribution in [0.3, 0.4) is 0 Å². The summed E-state index contributed by atoms with van der Waals surface area (Å²) in [4.78, 5) is 19.7. The van der Waals surface area contributed by atoms with Crippen molar-refractivity contribution in [3.63, 3.8) is 0 Å². The number of carbonyl (C=O) groups is 1. The highest BCUT2D eigenvalue weighted by molar-refractivity contribution is 7.20. The Morgan fingerprint density at radius 1 is 1.29 bits per heavy atom. The second-order valence-corrected chi connectivity index (χ2v) is 7.19. The smallest absolute Gasteiger partial charge is 0.264 e. The van der Waals surface area contributed by atoms with Crippen molar-refractivity contribution in [2.45, 2.75) is 19.4 Å². The van der Waals surface area contributed by atoms with Crippen LogP contribution < -0.4 is 4.74 Å². The van der Waals surface area contributed by atoms with Crippen LogP contribution in [0.5, 0.6) is 5.88 Å². The SMILES string of the molecule is Cc1ccc(O[C@H]2CCN(C(=O)c3cc4ccccc4s3)C2)nc1. The third kappa shape index (κ3) is 2.99.